The van der Waals surface area contributed by atoms with Crippen molar-refractivity contribution < 1.29 is 0 Å². The summed E-state index contributed by atoms with van der Waals surface area (Å²) in [6.45, 7) is 6.02. The van der Waals surface area contributed by atoms with E-state index in [0.717, 1.165) is 51.6 Å². The van der Waals surface area contributed by atoms with Gasteiger partial charge in [0.15, 0.2) is 5.96 Å². The van der Waals surface area contributed by atoms with E-state index in [-0.39, 0.29) is 24.0 Å². The highest BCUT2D eigenvalue weighted by atomic mass is 127. The Morgan fingerprint density at radius 1 is 1.04 bits per heavy atom. The average molecular weight is 485 g/mol. The molecule has 0 bridgehead atoms. The summed E-state index contributed by atoms with van der Waals surface area (Å²) < 4.78 is 0. The number of para-hydroxylation sites is 1. The predicted molar refractivity (Wildman–Crippen MR) is 124 cm³/mol. The normalized spacial score (nSPS) is 14.7. The lowest BCUT2D eigenvalue weighted by atomic mass is 10.3. The molecule has 142 valence electrons. The van der Waals surface area contributed by atoms with Crippen LogP contribution in [0, 0.1) is 0 Å². The molecule has 1 aliphatic heterocycles. The molecule has 3 rings (SSSR count). The maximum absolute atomic E-state index is 4.45. The zero-order chi connectivity index (χ0) is 17.3. The van der Waals surface area contributed by atoms with Crippen LogP contribution in [-0.4, -0.2) is 57.2 Å². The van der Waals surface area contributed by atoms with E-state index in [1.54, 1.807) is 0 Å². The molecule has 0 amide bonds. The second-order valence-electron chi connectivity index (χ2n) is 6.05. The summed E-state index contributed by atoms with van der Waals surface area (Å²) in [5.41, 5.74) is 1.18. The Balaban J connectivity index is 0.00000243. The number of thiophene rings is 1. The van der Waals surface area contributed by atoms with Crippen molar-refractivity contribution in [2.24, 2.45) is 4.99 Å². The van der Waals surface area contributed by atoms with Crippen LogP contribution >= 0.6 is 35.3 Å². The zero-order valence-electron chi connectivity index (χ0n) is 15.2. The van der Waals surface area contributed by atoms with Crippen molar-refractivity contribution in [2.75, 3.05) is 56.5 Å². The molecule has 1 fully saturated rings. The minimum absolute atomic E-state index is 0. The molecule has 1 aromatic carbocycles. The van der Waals surface area contributed by atoms with E-state index >= 15 is 0 Å². The number of nitrogens with one attached hydrogen (secondary N) is 2. The standard InChI is InChI=1S/C19H27N5S.HI/c1-20-19(22-11-6-10-21-17-7-3-2-4-8-17)24-14-12-23(13-15-24)18-9-5-16-25-18;/h2-5,7-9,16,21H,6,10-15H2,1H3,(H,20,22);1H. The van der Waals surface area contributed by atoms with Gasteiger partial charge in [-0.25, -0.2) is 0 Å². The van der Waals surface area contributed by atoms with Crippen LogP contribution in [0.2, 0.25) is 0 Å². The molecular formula is C19H28IN5S. The number of aliphatic imine (C=N–C) groups is 1. The Labute approximate surface area is 177 Å². The van der Waals surface area contributed by atoms with Crippen LogP contribution in [-0.2, 0) is 0 Å². The Kier molecular flexibility index (Phi) is 9.04. The van der Waals surface area contributed by atoms with Crippen LogP contribution in [0.1, 0.15) is 6.42 Å². The lowest BCUT2D eigenvalue weighted by molar-refractivity contribution is 0.373. The highest BCUT2D eigenvalue weighted by molar-refractivity contribution is 14.0. The van der Waals surface area contributed by atoms with Crippen LogP contribution in [0.15, 0.2) is 52.8 Å². The number of benzene rings is 1. The summed E-state index contributed by atoms with van der Waals surface area (Å²) in [6.07, 6.45) is 1.06. The number of hydrogen-bond donors (Lipinski definition) is 2. The maximum Gasteiger partial charge on any atom is 0.193 e. The molecule has 1 aliphatic rings. The molecule has 0 atom stereocenters. The van der Waals surface area contributed by atoms with Crippen molar-refractivity contribution in [3.63, 3.8) is 0 Å². The fraction of sp³-hybridized carbons (Fsp3) is 0.421. The van der Waals surface area contributed by atoms with Crippen molar-refractivity contribution >= 4 is 52.0 Å². The number of anilines is 2. The first-order chi connectivity index (χ1) is 12.4. The lowest BCUT2D eigenvalue weighted by Crippen LogP contribution is -2.52. The fourth-order valence-corrected chi connectivity index (χ4v) is 3.78. The summed E-state index contributed by atoms with van der Waals surface area (Å²) in [5, 5.41) is 10.4. The van der Waals surface area contributed by atoms with E-state index in [1.807, 2.05) is 24.5 Å². The molecule has 0 saturated carbocycles. The van der Waals surface area contributed by atoms with Gasteiger partial charge in [-0.15, -0.1) is 35.3 Å². The molecule has 2 heterocycles. The third kappa shape index (κ3) is 6.05. The highest BCUT2D eigenvalue weighted by Crippen LogP contribution is 2.22. The van der Waals surface area contributed by atoms with E-state index in [0.29, 0.717) is 0 Å². The molecule has 0 aliphatic carbocycles. The Morgan fingerprint density at radius 3 is 2.46 bits per heavy atom. The SMILES string of the molecule is CN=C(NCCCNc1ccccc1)N1CCN(c2cccs2)CC1.I. The quantitative estimate of drug-likeness (QED) is 0.284. The van der Waals surface area contributed by atoms with Gasteiger partial charge < -0.3 is 20.4 Å². The molecule has 2 N–H and O–H groups in total. The molecule has 5 nitrogen and oxygen atoms in total. The van der Waals surface area contributed by atoms with Gasteiger partial charge in [0.2, 0.25) is 0 Å². The van der Waals surface area contributed by atoms with Crippen LogP contribution in [0.4, 0.5) is 10.7 Å². The molecule has 26 heavy (non-hydrogen) atoms. The molecule has 1 aromatic heterocycles. The third-order valence-electron chi connectivity index (χ3n) is 4.35. The Morgan fingerprint density at radius 2 is 1.81 bits per heavy atom. The van der Waals surface area contributed by atoms with Gasteiger partial charge in [-0.2, -0.15) is 0 Å². The van der Waals surface area contributed by atoms with E-state index in [4.69, 9.17) is 0 Å². The monoisotopic (exact) mass is 485 g/mol. The summed E-state index contributed by atoms with van der Waals surface area (Å²) in [4.78, 5) is 9.26. The van der Waals surface area contributed by atoms with Crippen LogP contribution in [0.25, 0.3) is 0 Å². The Bertz CT molecular complexity index is 639. The van der Waals surface area contributed by atoms with Gasteiger partial charge in [0.25, 0.3) is 0 Å². The zero-order valence-corrected chi connectivity index (χ0v) is 18.4. The first-order valence-corrected chi connectivity index (χ1v) is 9.78. The van der Waals surface area contributed by atoms with Gasteiger partial charge in [-0.05, 0) is 36.1 Å². The fourth-order valence-electron chi connectivity index (χ4n) is 3.00. The second kappa shape index (κ2) is 11.3. The van der Waals surface area contributed by atoms with Crippen molar-refractivity contribution in [2.45, 2.75) is 6.42 Å². The first-order valence-electron chi connectivity index (χ1n) is 8.90. The van der Waals surface area contributed by atoms with E-state index in [9.17, 15) is 0 Å². The third-order valence-corrected chi connectivity index (χ3v) is 5.28. The van der Waals surface area contributed by atoms with Gasteiger partial charge in [-0.3, -0.25) is 4.99 Å². The van der Waals surface area contributed by atoms with Crippen LogP contribution < -0.4 is 15.5 Å². The average Bonchev–Trinajstić information content (AvgIpc) is 3.21. The number of halogens is 1. The highest BCUT2D eigenvalue weighted by Gasteiger charge is 2.19. The molecule has 0 unspecified atom stereocenters. The predicted octanol–water partition coefficient (Wildman–Crippen LogP) is 3.57. The smallest absolute Gasteiger partial charge is 0.193 e. The van der Waals surface area contributed by atoms with E-state index in [1.165, 1.54) is 10.7 Å². The second-order valence-corrected chi connectivity index (χ2v) is 6.97. The largest absolute Gasteiger partial charge is 0.385 e. The maximum atomic E-state index is 4.45. The molecule has 0 radical (unpaired) electrons. The number of rotatable bonds is 6. The number of hydrogen-bond acceptors (Lipinski definition) is 4. The van der Waals surface area contributed by atoms with Crippen LogP contribution in [0.3, 0.4) is 0 Å². The number of nitrogens with zero attached hydrogens (tertiary/aromatic N) is 3. The van der Waals surface area contributed by atoms with Crippen molar-refractivity contribution in [3.8, 4) is 0 Å². The summed E-state index contributed by atoms with van der Waals surface area (Å²) in [5.74, 6) is 1.02. The van der Waals surface area contributed by atoms with Crippen molar-refractivity contribution in [1.82, 2.24) is 10.2 Å². The molecule has 7 heteroatoms. The molecular weight excluding hydrogens is 457 g/mol. The topological polar surface area (TPSA) is 42.9 Å². The lowest BCUT2D eigenvalue weighted by Gasteiger charge is -2.37. The van der Waals surface area contributed by atoms with Gasteiger partial charge in [0, 0.05) is 52.0 Å². The number of guanidine groups is 1. The molecule has 0 spiro atoms. The minimum Gasteiger partial charge on any atom is -0.385 e. The summed E-state index contributed by atoms with van der Waals surface area (Å²) in [6, 6.07) is 14.7. The van der Waals surface area contributed by atoms with Gasteiger partial charge in [0.05, 0.1) is 5.00 Å². The van der Waals surface area contributed by atoms with E-state index < -0.39 is 0 Å². The molecule has 2 aromatic rings. The van der Waals surface area contributed by atoms with Crippen molar-refractivity contribution in [1.29, 1.82) is 0 Å². The number of piperazine rings is 1. The Hall–Kier alpha value is -1.48. The van der Waals surface area contributed by atoms with Crippen LogP contribution in [0.5, 0.6) is 0 Å². The first kappa shape index (κ1) is 20.8. The molecule has 1 saturated heterocycles. The minimum atomic E-state index is 0. The summed E-state index contributed by atoms with van der Waals surface area (Å²) >= 11 is 1.82. The van der Waals surface area contributed by atoms with Gasteiger partial charge in [-0.1, -0.05) is 18.2 Å². The van der Waals surface area contributed by atoms with Gasteiger partial charge >= 0.3 is 0 Å². The van der Waals surface area contributed by atoms with Gasteiger partial charge in [0.1, 0.15) is 0 Å². The van der Waals surface area contributed by atoms with E-state index in [2.05, 4.69) is 67.2 Å². The van der Waals surface area contributed by atoms with Crippen molar-refractivity contribution in [3.05, 3.63) is 47.8 Å². The summed E-state index contributed by atoms with van der Waals surface area (Å²) in [7, 11) is 1.87.